The van der Waals surface area contributed by atoms with E-state index in [0.717, 1.165) is 11.1 Å². The summed E-state index contributed by atoms with van der Waals surface area (Å²) in [5, 5.41) is 13.8. The lowest BCUT2D eigenvalue weighted by Gasteiger charge is -2.29. The van der Waals surface area contributed by atoms with Crippen LogP contribution in [-0.2, 0) is 22.7 Å². The summed E-state index contributed by atoms with van der Waals surface area (Å²) in [6.45, 7) is 0.526. The largest absolute Gasteiger partial charge is 0.352 e. The summed E-state index contributed by atoms with van der Waals surface area (Å²) < 4.78 is 0. The van der Waals surface area contributed by atoms with Gasteiger partial charge in [0.05, 0.1) is 5.56 Å². The first-order chi connectivity index (χ1) is 14.0. The van der Waals surface area contributed by atoms with Crippen LogP contribution in [0.2, 0.25) is 0 Å². The normalized spacial score (nSPS) is 18.2. The zero-order valence-corrected chi connectivity index (χ0v) is 15.3. The van der Waals surface area contributed by atoms with Crippen molar-refractivity contribution in [3.8, 4) is 6.07 Å². The van der Waals surface area contributed by atoms with Gasteiger partial charge < -0.3 is 15.2 Å². The van der Waals surface area contributed by atoms with Crippen LogP contribution in [0.25, 0.3) is 0 Å². The summed E-state index contributed by atoms with van der Waals surface area (Å²) in [4.78, 5) is 52.6. The molecule has 1 aromatic carbocycles. The maximum absolute atomic E-state index is 12.8. The fourth-order valence-corrected chi connectivity index (χ4v) is 3.59. The van der Waals surface area contributed by atoms with Crippen LogP contribution in [0.4, 0.5) is 0 Å². The first kappa shape index (κ1) is 18.4. The predicted octanol–water partition coefficient (Wildman–Crippen LogP) is 0.577. The molecule has 4 rings (SSSR count). The molecule has 2 aliphatic rings. The Hall–Kier alpha value is -3.93. The maximum atomic E-state index is 12.8. The van der Waals surface area contributed by atoms with Crippen molar-refractivity contribution in [3.05, 3.63) is 58.4 Å². The van der Waals surface area contributed by atoms with Crippen LogP contribution in [0, 0.1) is 11.3 Å². The number of hydrogen-bond acceptors (Lipinski definition) is 5. The molecular formula is C20H17N5O4. The van der Waals surface area contributed by atoms with Gasteiger partial charge in [0, 0.05) is 31.3 Å². The Balaban J connectivity index is 1.44. The Kier molecular flexibility index (Phi) is 4.60. The SMILES string of the molecule is N#Cc1cc(C(=O)NCc2ccc3c(c2)C(=O)N(C2CCC(=O)NC2=O)C3)c[nH]1. The quantitative estimate of drug-likeness (QED) is 0.655. The maximum Gasteiger partial charge on any atom is 0.255 e. The Bertz CT molecular complexity index is 1080. The molecule has 4 amide bonds. The molecule has 0 aliphatic carbocycles. The minimum absolute atomic E-state index is 0.209. The monoisotopic (exact) mass is 391 g/mol. The Morgan fingerprint density at radius 2 is 2.10 bits per heavy atom. The topological polar surface area (TPSA) is 135 Å². The molecule has 1 atom stereocenters. The fourth-order valence-electron chi connectivity index (χ4n) is 3.59. The number of aromatic nitrogens is 1. The molecule has 0 saturated carbocycles. The van der Waals surface area contributed by atoms with Crippen molar-refractivity contribution in [2.75, 3.05) is 0 Å². The summed E-state index contributed by atoms with van der Waals surface area (Å²) in [6.07, 6.45) is 1.98. The zero-order valence-electron chi connectivity index (χ0n) is 15.3. The summed E-state index contributed by atoms with van der Waals surface area (Å²) in [7, 11) is 0. The predicted molar refractivity (Wildman–Crippen MR) is 99.2 cm³/mol. The van der Waals surface area contributed by atoms with Crippen LogP contribution in [0.3, 0.4) is 0 Å². The number of piperidine rings is 1. The van der Waals surface area contributed by atoms with Crippen molar-refractivity contribution < 1.29 is 19.2 Å². The average molecular weight is 391 g/mol. The van der Waals surface area contributed by atoms with Crippen LogP contribution < -0.4 is 10.6 Å². The van der Waals surface area contributed by atoms with Crippen LogP contribution in [0.15, 0.2) is 30.5 Å². The van der Waals surface area contributed by atoms with Crippen molar-refractivity contribution in [2.24, 2.45) is 0 Å². The van der Waals surface area contributed by atoms with E-state index in [2.05, 4.69) is 15.6 Å². The Morgan fingerprint density at radius 1 is 1.28 bits per heavy atom. The first-order valence-electron chi connectivity index (χ1n) is 9.09. The smallest absolute Gasteiger partial charge is 0.255 e. The lowest BCUT2D eigenvalue weighted by Crippen LogP contribution is -2.52. The molecule has 1 fully saturated rings. The van der Waals surface area contributed by atoms with E-state index in [1.807, 2.05) is 18.2 Å². The van der Waals surface area contributed by atoms with Crippen LogP contribution in [-0.4, -0.2) is 39.6 Å². The molecule has 1 aromatic heterocycles. The number of carbonyl (C=O) groups is 4. The highest BCUT2D eigenvalue weighted by Gasteiger charge is 2.39. The molecule has 0 radical (unpaired) electrons. The first-order valence-corrected chi connectivity index (χ1v) is 9.09. The number of imide groups is 1. The van der Waals surface area contributed by atoms with E-state index in [1.54, 1.807) is 6.07 Å². The molecule has 3 N–H and O–H groups in total. The van der Waals surface area contributed by atoms with Crippen molar-refractivity contribution in [1.82, 2.24) is 20.5 Å². The Morgan fingerprint density at radius 3 is 2.83 bits per heavy atom. The highest BCUT2D eigenvalue weighted by atomic mass is 16.2. The van der Waals surface area contributed by atoms with Gasteiger partial charge in [0.1, 0.15) is 17.8 Å². The van der Waals surface area contributed by atoms with E-state index in [9.17, 15) is 19.2 Å². The number of amides is 4. The van der Waals surface area contributed by atoms with Gasteiger partial charge in [-0.25, -0.2) is 0 Å². The van der Waals surface area contributed by atoms with Crippen molar-refractivity contribution >= 4 is 23.6 Å². The summed E-state index contributed by atoms with van der Waals surface area (Å²) in [6, 6.07) is 8.06. The molecular weight excluding hydrogens is 374 g/mol. The highest BCUT2D eigenvalue weighted by molar-refractivity contribution is 6.05. The van der Waals surface area contributed by atoms with E-state index < -0.39 is 11.9 Å². The minimum Gasteiger partial charge on any atom is -0.352 e. The van der Waals surface area contributed by atoms with Crippen LogP contribution >= 0.6 is 0 Å². The average Bonchev–Trinajstić information content (AvgIpc) is 3.31. The lowest BCUT2D eigenvalue weighted by molar-refractivity contribution is -0.136. The second-order valence-corrected chi connectivity index (χ2v) is 6.99. The van der Waals surface area contributed by atoms with Gasteiger partial charge in [-0.15, -0.1) is 0 Å². The number of nitrogens with one attached hydrogen (secondary N) is 3. The number of benzene rings is 1. The molecule has 9 heteroatoms. The molecule has 146 valence electrons. The molecule has 9 nitrogen and oxygen atoms in total. The van der Waals surface area contributed by atoms with Crippen LogP contribution in [0.5, 0.6) is 0 Å². The van der Waals surface area contributed by atoms with E-state index >= 15 is 0 Å². The summed E-state index contributed by atoms with van der Waals surface area (Å²) in [5.41, 5.74) is 2.69. The van der Waals surface area contributed by atoms with Crippen molar-refractivity contribution in [2.45, 2.75) is 32.0 Å². The van der Waals surface area contributed by atoms with E-state index in [-0.39, 0.29) is 30.7 Å². The molecule has 0 spiro atoms. The van der Waals surface area contributed by atoms with Gasteiger partial charge in [0.25, 0.3) is 11.8 Å². The van der Waals surface area contributed by atoms with Gasteiger partial charge in [0.15, 0.2) is 0 Å². The third kappa shape index (κ3) is 3.48. The molecule has 3 heterocycles. The van der Waals surface area contributed by atoms with E-state index in [1.165, 1.54) is 17.2 Å². The number of nitriles is 1. The highest BCUT2D eigenvalue weighted by Crippen LogP contribution is 2.28. The number of nitrogens with zero attached hydrogens (tertiary/aromatic N) is 2. The van der Waals surface area contributed by atoms with Gasteiger partial charge in [-0.05, 0) is 29.7 Å². The number of aromatic amines is 1. The fraction of sp³-hybridized carbons (Fsp3) is 0.250. The van der Waals surface area contributed by atoms with Crippen molar-refractivity contribution in [3.63, 3.8) is 0 Å². The van der Waals surface area contributed by atoms with Crippen LogP contribution in [0.1, 0.15) is 50.4 Å². The summed E-state index contributed by atoms with van der Waals surface area (Å²) in [5.74, 6) is -1.36. The second kappa shape index (κ2) is 7.24. The number of carbonyl (C=O) groups excluding carboxylic acids is 4. The lowest BCUT2D eigenvalue weighted by atomic mass is 10.0. The zero-order chi connectivity index (χ0) is 20.5. The number of hydrogen-bond donors (Lipinski definition) is 3. The van der Waals surface area contributed by atoms with Crippen molar-refractivity contribution in [1.29, 1.82) is 5.26 Å². The van der Waals surface area contributed by atoms with Gasteiger partial charge in [-0.2, -0.15) is 5.26 Å². The molecule has 2 aromatic rings. The third-order valence-corrected chi connectivity index (χ3v) is 5.11. The molecule has 29 heavy (non-hydrogen) atoms. The molecule has 2 aliphatic heterocycles. The third-order valence-electron chi connectivity index (χ3n) is 5.11. The number of H-pyrrole nitrogens is 1. The van der Waals surface area contributed by atoms with Gasteiger partial charge in [0.2, 0.25) is 11.8 Å². The second-order valence-electron chi connectivity index (χ2n) is 6.99. The summed E-state index contributed by atoms with van der Waals surface area (Å²) >= 11 is 0. The molecule has 1 saturated heterocycles. The Labute approximate surface area is 165 Å². The van der Waals surface area contributed by atoms with E-state index in [4.69, 9.17) is 5.26 Å². The van der Waals surface area contributed by atoms with Gasteiger partial charge >= 0.3 is 0 Å². The minimum atomic E-state index is -0.654. The number of fused-ring (bicyclic) bond motifs is 1. The van der Waals surface area contributed by atoms with Gasteiger partial charge in [-0.1, -0.05) is 12.1 Å². The molecule has 0 bridgehead atoms. The standard InChI is InChI=1S/C20H17N5O4/c21-7-14-6-13(9-22-14)18(27)23-8-11-1-2-12-10-25(20(29)15(12)5-11)16-3-4-17(26)24-19(16)28/h1-2,5-6,9,16,22H,3-4,8,10H2,(H,23,27)(H,24,26,28). The van der Waals surface area contributed by atoms with Gasteiger partial charge in [-0.3, -0.25) is 24.5 Å². The molecule has 1 unspecified atom stereocenters. The number of rotatable bonds is 4. The van der Waals surface area contributed by atoms with E-state index in [0.29, 0.717) is 29.8 Å².